The van der Waals surface area contributed by atoms with Crippen LogP contribution in [-0.4, -0.2) is 45.7 Å². The number of nitriles is 1. The van der Waals surface area contributed by atoms with Crippen molar-refractivity contribution in [1.82, 2.24) is 4.90 Å². The lowest BCUT2D eigenvalue weighted by molar-refractivity contribution is -0.158. The Morgan fingerprint density at radius 1 is 1.80 bits per heavy atom. The molecule has 1 saturated heterocycles. The SMILES string of the molecule is C=CCOC(=O)C1=C(C#N)CS[C@@H]2[C@@H]([C@@H](C)O)C(=O)N12. The summed E-state index contributed by atoms with van der Waals surface area (Å²) in [5.41, 5.74) is 0.220. The second kappa shape index (κ2) is 5.69. The van der Waals surface area contributed by atoms with E-state index in [9.17, 15) is 14.7 Å². The Balaban J connectivity index is 2.29. The lowest BCUT2D eigenvalue weighted by Gasteiger charge is -2.50. The summed E-state index contributed by atoms with van der Waals surface area (Å²) in [5, 5.41) is 18.4. The van der Waals surface area contributed by atoms with Crippen LogP contribution in [-0.2, 0) is 14.3 Å². The Morgan fingerprint density at radius 3 is 3.05 bits per heavy atom. The van der Waals surface area contributed by atoms with Crippen molar-refractivity contribution in [2.24, 2.45) is 5.92 Å². The molecule has 0 saturated carbocycles. The van der Waals surface area contributed by atoms with Gasteiger partial charge in [-0.05, 0) is 6.92 Å². The molecule has 0 unspecified atom stereocenters. The summed E-state index contributed by atoms with van der Waals surface area (Å²) >= 11 is 1.37. The minimum Gasteiger partial charge on any atom is -0.457 e. The van der Waals surface area contributed by atoms with Crippen molar-refractivity contribution >= 4 is 23.6 Å². The van der Waals surface area contributed by atoms with Crippen molar-refractivity contribution in [2.75, 3.05) is 12.4 Å². The number of aliphatic hydroxyl groups is 1. The van der Waals surface area contributed by atoms with E-state index in [0.717, 1.165) is 0 Å². The van der Waals surface area contributed by atoms with Crippen LogP contribution in [0.25, 0.3) is 0 Å². The molecule has 0 aliphatic carbocycles. The van der Waals surface area contributed by atoms with E-state index in [1.807, 2.05) is 6.07 Å². The summed E-state index contributed by atoms with van der Waals surface area (Å²) < 4.78 is 4.93. The summed E-state index contributed by atoms with van der Waals surface area (Å²) in [5.74, 6) is -1.27. The van der Waals surface area contributed by atoms with Crippen molar-refractivity contribution in [1.29, 1.82) is 5.26 Å². The Bertz CT molecular complexity index is 535. The molecule has 0 spiro atoms. The van der Waals surface area contributed by atoms with Gasteiger partial charge in [0.05, 0.1) is 29.0 Å². The standard InChI is InChI=1S/C13H14N2O4S/c1-3-4-19-13(18)10-8(5-14)6-20-12-9(7(2)16)11(17)15(10)12/h3,7,9,12,16H,1,4,6H2,2H3/t7-,9+,12-/m1/s1. The van der Waals surface area contributed by atoms with Crippen molar-refractivity contribution in [2.45, 2.75) is 18.4 Å². The Kier molecular flexibility index (Phi) is 4.16. The number of ether oxygens (including phenoxy) is 1. The van der Waals surface area contributed by atoms with E-state index in [2.05, 4.69) is 6.58 Å². The van der Waals surface area contributed by atoms with Gasteiger partial charge in [0.2, 0.25) is 5.91 Å². The summed E-state index contributed by atoms with van der Waals surface area (Å²) in [6, 6.07) is 1.94. The number of amides is 1. The number of aliphatic hydroxyl groups excluding tert-OH is 1. The van der Waals surface area contributed by atoms with Crippen LogP contribution in [0, 0.1) is 17.2 Å². The number of carbonyl (C=O) groups excluding carboxylic acids is 2. The van der Waals surface area contributed by atoms with E-state index in [0.29, 0.717) is 5.75 Å². The van der Waals surface area contributed by atoms with E-state index in [-0.39, 0.29) is 29.2 Å². The Hall–Kier alpha value is -1.78. The van der Waals surface area contributed by atoms with Gasteiger partial charge in [0, 0.05) is 5.75 Å². The minimum absolute atomic E-state index is 0.000000000000000222. The van der Waals surface area contributed by atoms with Crippen LogP contribution in [0.3, 0.4) is 0 Å². The first-order chi connectivity index (χ1) is 9.52. The maximum atomic E-state index is 12.1. The maximum absolute atomic E-state index is 12.1. The van der Waals surface area contributed by atoms with Gasteiger partial charge in [-0.3, -0.25) is 9.69 Å². The molecule has 1 amide bonds. The summed E-state index contributed by atoms with van der Waals surface area (Å²) in [6.07, 6.45) is 0.626. The van der Waals surface area contributed by atoms with Gasteiger partial charge in [0.25, 0.3) is 0 Å². The van der Waals surface area contributed by atoms with Crippen LogP contribution < -0.4 is 0 Å². The average Bonchev–Trinajstić information content (AvgIpc) is 2.42. The zero-order valence-corrected chi connectivity index (χ0v) is 11.7. The van der Waals surface area contributed by atoms with E-state index >= 15 is 0 Å². The van der Waals surface area contributed by atoms with Gasteiger partial charge in [-0.15, -0.1) is 11.8 Å². The van der Waals surface area contributed by atoms with Gasteiger partial charge >= 0.3 is 5.97 Å². The Morgan fingerprint density at radius 2 is 2.50 bits per heavy atom. The van der Waals surface area contributed by atoms with Crippen LogP contribution >= 0.6 is 11.8 Å². The molecule has 20 heavy (non-hydrogen) atoms. The van der Waals surface area contributed by atoms with Crippen LogP contribution in [0.4, 0.5) is 0 Å². The molecule has 0 aromatic rings. The topological polar surface area (TPSA) is 90.6 Å². The van der Waals surface area contributed by atoms with Crippen LogP contribution in [0.1, 0.15) is 6.92 Å². The molecule has 7 heteroatoms. The van der Waals surface area contributed by atoms with E-state index in [1.54, 1.807) is 6.92 Å². The number of esters is 1. The maximum Gasteiger partial charge on any atom is 0.356 e. The van der Waals surface area contributed by atoms with E-state index in [1.165, 1.54) is 22.7 Å². The number of carbonyl (C=O) groups is 2. The first kappa shape index (κ1) is 14.6. The highest BCUT2D eigenvalue weighted by Crippen LogP contribution is 2.45. The van der Waals surface area contributed by atoms with Gasteiger partial charge in [-0.25, -0.2) is 4.79 Å². The fourth-order valence-corrected chi connectivity index (χ4v) is 3.69. The highest BCUT2D eigenvalue weighted by atomic mass is 32.2. The molecule has 2 rings (SSSR count). The van der Waals surface area contributed by atoms with Gasteiger partial charge in [0.15, 0.2) is 0 Å². The molecule has 2 aliphatic heterocycles. The molecule has 0 aromatic carbocycles. The molecule has 6 nitrogen and oxygen atoms in total. The predicted octanol–water partition coefficient (Wildman–Crippen LogP) is 0.405. The number of hydrogen-bond donors (Lipinski definition) is 1. The fourth-order valence-electron chi connectivity index (χ4n) is 2.24. The third-order valence-electron chi connectivity index (χ3n) is 3.19. The molecule has 1 N–H and O–H groups in total. The molecule has 2 heterocycles. The Labute approximate surface area is 120 Å². The number of thioether (sulfide) groups is 1. The van der Waals surface area contributed by atoms with Gasteiger partial charge in [-0.2, -0.15) is 5.26 Å². The zero-order valence-electron chi connectivity index (χ0n) is 10.9. The summed E-state index contributed by atoms with van der Waals surface area (Å²) in [4.78, 5) is 25.3. The highest BCUT2D eigenvalue weighted by Gasteiger charge is 2.55. The molecule has 106 valence electrons. The lowest BCUT2D eigenvalue weighted by atomic mass is 9.91. The predicted molar refractivity (Wildman–Crippen MR) is 72.1 cm³/mol. The summed E-state index contributed by atoms with van der Waals surface area (Å²) in [7, 11) is 0. The van der Waals surface area contributed by atoms with Gasteiger partial charge in [0.1, 0.15) is 12.3 Å². The average molecular weight is 294 g/mol. The molecule has 2 aliphatic rings. The second-order valence-electron chi connectivity index (χ2n) is 4.50. The molecule has 0 bridgehead atoms. The molecule has 0 aromatic heterocycles. The normalized spacial score (nSPS) is 26.2. The monoisotopic (exact) mass is 294 g/mol. The molecule has 1 fully saturated rings. The summed E-state index contributed by atoms with van der Waals surface area (Å²) in [6.45, 7) is 5.00. The molecule has 0 radical (unpaired) electrons. The fraction of sp³-hybridized carbons (Fsp3) is 0.462. The minimum atomic E-state index is -0.787. The first-order valence-corrected chi connectivity index (χ1v) is 7.11. The molecular weight excluding hydrogens is 280 g/mol. The highest BCUT2D eigenvalue weighted by molar-refractivity contribution is 8.00. The van der Waals surface area contributed by atoms with Crippen molar-refractivity contribution < 1.29 is 19.4 Å². The number of hydrogen-bond acceptors (Lipinski definition) is 6. The first-order valence-electron chi connectivity index (χ1n) is 6.07. The van der Waals surface area contributed by atoms with Crippen molar-refractivity contribution in [3.63, 3.8) is 0 Å². The van der Waals surface area contributed by atoms with Gasteiger partial charge < -0.3 is 9.84 Å². The molecular formula is C13H14N2O4S. The van der Waals surface area contributed by atoms with Crippen LogP contribution in [0.15, 0.2) is 23.9 Å². The van der Waals surface area contributed by atoms with Crippen LogP contribution in [0.5, 0.6) is 0 Å². The quantitative estimate of drug-likeness (QED) is 0.459. The third-order valence-corrected chi connectivity index (χ3v) is 4.49. The number of rotatable bonds is 4. The van der Waals surface area contributed by atoms with Crippen molar-refractivity contribution in [3.05, 3.63) is 23.9 Å². The van der Waals surface area contributed by atoms with Gasteiger partial charge in [-0.1, -0.05) is 12.7 Å². The number of fused-ring (bicyclic) bond motifs is 1. The number of β-lactam (4-membered cyclic amide) rings is 1. The third kappa shape index (κ3) is 2.21. The largest absolute Gasteiger partial charge is 0.457 e. The van der Waals surface area contributed by atoms with E-state index in [4.69, 9.17) is 10.00 Å². The lowest BCUT2D eigenvalue weighted by Crippen LogP contribution is -2.64. The van der Waals surface area contributed by atoms with Crippen LogP contribution in [0.2, 0.25) is 0 Å². The zero-order chi connectivity index (χ0) is 14.9. The molecule has 3 atom stereocenters. The second-order valence-corrected chi connectivity index (χ2v) is 5.61. The van der Waals surface area contributed by atoms with Crippen molar-refractivity contribution in [3.8, 4) is 6.07 Å². The number of nitrogens with zero attached hydrogens (tertiary/aromatic N) is 2. The smallest absolute Gasteiger partial charge is 0.356 e. The van der Waals surface area contributed by atoms with E-state index < -0.39 is 18.0 Å².